The number of ether oxygens (including phenoxy) is 1. The van der Waals surface area contributed by atoms with Gasteiger partial charge in [0.25, 0.3) is 0 Å². The monoisotopic (exact) mass is 166 g/mol. The zero-order valence-corrected chi connectivity index (χ0v) is 6.54. The summed E-state index contributed by atoms with van der Waals surface area (Å²) in [6.07, 6.45) is 7.35. The van der Waals surface area contributed by atoms with Crippen LogP contribution in [0.3, 0.4) is 0 Å². The van der Waals surface area contributed by atoms with E-state index in [1.165, 1.54) is 0 Å². The third kappa shape index (κ3) is 0.922. The first-order valence-electron chi connectivity index (χ1n) is 3.29. The average Bonchev–Trinajstić information content (AvgIpc) is 2.30. The van der Waals surface area contributed by atoms with E-state index in [0.29, 0.717) is 5.09 Å². The first-order valence-corrected chi connectivity index (χ1v) is 3.73. The fourth-order valence-electron chi connectivity index (χ4n) is 1.17. The smallest absolute Gasteiger partial charge is 0.323 e. The van der Waals surface area contributed by atoms with E-state index >= 15 is 0 Å². The van der Waals surface area contributed by atoms with Gasteiger partial charge in [0.05, 0.1) is 0 Å². The lowest BCUT2D eigenvalue weighted by molar-refractivity contribution is -0.138. The molecule has 0 spiro atoms. The normalized spacial score (nSPS) is 27.4. The van der Waals surface area contributed by atoms with Crippen LogP contribution in [-0.4, -0.2) is 5.97 Å². The lowest BCUT2D eigenvalue weighted by Gasteiger charge is -2.03. The summed E-state index contributed by atoms with van der Waals surface area (Å²) in [5.74, 6) is -0.446. The quantitative estimate of drug-likeness (QED) is 0.435. The Morgan fingerprint density at radius 2 is 2.27 bits per heavy atom. The highest BCUT2D eigenvalue weighted by Gasteiger charge is 2.31. The van der Waals surface area contributed by atoms with E-state index < -0.39 is 0 Å². The van der Waals surface area contributed by atoms with Crippen LogP contribution < -0.4 is 0 Å². The summed E-state index contributed by atoms with van der Waals surface area (Å²) >= 11 is 4.03. The van der Waals surface area contributed by atoms with Crippen molar-refractivity contribution in [1.29, 1.82) is 0 Å². The number of fused-ring (bicyclic) bond motifs is 1. The van der Waals surface area contributed by atoms with Gasteiger partial charge in [0.2, 0.25) is 0 Å². The molecule has 1 unspecified atom stereocenters. The minimum atomic E-state index is -0.231. The molecular formula is C8H6O2S. The van der Waals surface area contributed by atoms with E-state index in [4.69, 9.17) is 4.74 Å². The van der Waals surface area contributed by atoms with Crippen LogP contribution in [0.1, 0.15) is 0 Å². The number of esters is 1. The van der Waals surface area contributed by atoms with E-state index in [-0.39, 0.29) is 11.9 Å². The number of carbonyl (C=O) groups excluding carboxylic acids is 1. The van der Waals surface area contributed by atoms with Crippen molar-refractivity contribution >= 4 is 18.6 Å². The number of hydrogen-bond donors (Lipinski definition) is 1. The Bertz CT molecular complexity index is 299. The lowest BCUT2D eigenvalue weighted by atomic mass is 9.98. The van der Waals surface area contributed by atoms with Gasteiger partial charge in [-0.25, -0.2) is 0 Å². The van der Waals surface area contributed by atoms with Crippen molar-refractivity contribution in [1.82, 2.24) is 0 Å². The van der Waals surface area contributed by atoms with Gasteiger partial charge in [-0.3, -0.25) is 4.79 Å². The van der Waals surface area contributed by atoms with Gasteiger partial charge in [-0.2, -0.15) is 0 Å². The third-order valence-electron chi connectivity index (χ3n) is 1.72. The summed E-state index contributed by atoms with van der Waals surface area (Å²) in [5, 5.41) is 0.431. The molecule has 1 atom stereocenters. The second kappa shape index (κ2) is 2.27. The highest BCUT2D eigenvalue weighted by atomic mass is 32.1. The van der Waals surface area contributed by atoms with Crippen molar-refractivity contribution in [2.24, 2.45) is 5.92 Å². The molecule has 11 heavy (non-hydrogen) atoms. The zero-order valence-electron chi connectivity index (χ0n) is 5.65. The van der Waals surface area contributed by atoms with Crippen LogP contribution in [0.2, 0.25) is 0 Å². The highest BCUT2D eigenvalue weighted by molar-refractivity contribution is 7.84. The fourth-order valence-corrected chi connectivity index (χ4v) is 1.47. The lowest BCUT2D eigenvalue weighted by Crippen LogP contribution is -2.08. The molecule has 1 heterocycles. The van der Waals surface area contributed by atoms with Crippen LogP contribution in [-0.2, 0) is 9.53 Å². The Labute approximate surface area is 69.6 Å². The minimum Gasteiger partial charge on any atom is -0.419 e. The zero-order chi connectivity index (χ0) is 7.84. The van der Waals surface area contributed by atoms with Gasteiger partial charge in [0, 0.05) is 5.57 Å². The van der Waals surface area contributed by atoms with Crippen LogP contribution in [0.5, 0.6) is 0 Å². The Hall–Kier alpha value is -0.960. The first-order chi connectivity index (χ1) is 5.29. The topological polar surface area (TPSA) is 26.3 Å². The fraction of sp³-hybridized carbons (Fsp3) is 0.125. The van der Waals surface area contributed by atoms with E-state index in [9.17, 15) is 4.79 Å². The molecule has 0 saturated carbocycles. The first kappa shape index (κ1) is 6.73. The second-order valence-electron chi connectivity index (χ2n) is 2.40. The minimum absolute atomic E-state index is 0.215. The average molecular weight is 166 g/mol. The molecule has 1 aliphatic heterocycles. The third-order valence-corrected chi connectivity index (χ3v) is 2.07. The Morgan fingerprint density at radius 1 is 1.45 bits per heavy atom. The van der Waals surface area contributed by atoms with Crippen LogP contribution in [0.15, 0.2) is 35.0 Å². The summed E-state index contributed by atoms with van der Waals surface area (Å²) in [4.78, 5) is 11.0. The van der Waals surface area contributed by atoms with E-state index in [0.717, 1.165) is 5.57 Å². The number of carbonyl (C=O) groups is 1. The van der Waals surface area contributed by atoms with E-state index in [1.807, 2.05) is 18.2 Å². The Balaban J connectivity index is 2.46. The van der Waals surface area contributed by atoms with Crippen molar-refractivity contribution in [3.05, 3.63) is 35.0 Å². The molecule has 0 saturated heterocycles. The number of allylic oxidation sites excluding steroid dienone is 3. The summed E-state index contributed by atoms with van der Waals surface area (Å²) in [7, 11) is 0. The maximum atomic E-state index is 11.0. The van der Waals surface area contributed by atoms with Crippen LogP contribution >= 0.6 is 12.6 Å². The molecule has 0 aromatic carbocycles. The van der Waals surface area contributed by atoms with Crippen LogP contribution in [0.25, 0.3) is 0 Å². The maximum absolute atomic E-state index is 11.0. The molecule has 1 aliphatic carbocycles. The number of hydrogen-bond acceptors (Lipinski definition) is 3. The highest BCUT2D eigenvalue weighted by Crippen LogP contribution is 2.32. The second-order valence-corrected chi connectivity index (χ2v) is 2.81. The number of rotatable bonds is 0. The maximum Gasteiger partial charge on any atom is 0.323 e. The molecule has 56 valence electrons. The van der Waals surface area contributed by atoms with Gasteiger partial charge in [-0.15, -0.1) is 12.6 Å². The van der Waals surface area contributed by atoms with Gasteiger partial charge < -0.3 is 4.74 Å². The van der Waals surface area contributed by atoms with Gasteiger partial charge in [0.1, 0.15) is 5.92 Å². The molecule has 0 N–H and O–H groups in total. The molecule has 2 rings (SSSR count). The Morgan fingerprint density at radius 3 is 3.00 bits per heavy atom. The predicted octanol–water partition coefficient (Wildman–Crippen LogP) is 1.43. The summed E-state index contributed by atoms with van der Waals surface area (Å²) < 4.78 is 4.81. The van der Waals surface area contributed by atoms with Gasteiger partial charge in [-0.1, -0.05) is 24.3 Å². The molecule has 0 aromatic rings. The van der Waals surface area contributed by atoms with Crippen LogP contribution in [0, 0.1) is 5.92 Å². The summed E-state index contributed by atoms with van der Waals surface area (Å²) in [6, 6.07) is 0. The molecule has 3 heteroatoms. The van der Waals surface area contributed by atoms with Crippen molar-refractivity contribution in [3.8, 4) is 0 Å². The molecule has 0 amide bonds. The standard InChI is InChI=1S/C8H6O2S/c9-7-5-3-1-2-4-6(5)8(11)10-7/h1-5,11H. The van der Waals surface area contributed by atoms with Crippen molar-refractivity contribution in [2.75, 3.05) is 0 Å². The number of cyclic esters (lactones) is 1. The van der Waals surface area contributed by atoms with E-state index in [2.05, 4.69) is 12.6 Å². The molecule has 0 aromatic heterocycles. The van der Waals surface area contributed by atoms with Crippen molar-refractivity contribution in [3.63, 3.8) is 0 Å². The summed E-state index contributed by atoms with van der Waals surface area (Å²) in [5.41, 5.74) is 0.862. The van der Waals surface area contributed by atoms with Crippen molar-refractivity contribution < 1.29 is 9.53 Å². The molecule has 2 aliphatic rings. The molecule has 0 radical (unpaired) electrons. The van der Waals surface area contributed by atoms with Crippen LogP contribution in [0.4, 0.5) is 0 Å². The van der Waals surface area contributed by atoms with Gasteiger partial charge >= 0.3 is 5.97 Å². The molecule has 0 fully saturated rings. The number of thiol groups is 1. The summed E-state index contributed by atoms with van der Waals surface area (Å²) in [6.45, 7) is 0. The molecular weight excluding hydrogens is 160 g/mol. The largest absolute Gasteiger partial charge is 0.419 e. The SMILES string of the molecule is O=C1OC(S)=C2C=CC=CC12. The van der Waals surface area contributed by atoms with Crippen molar-refractivity contribution in [2.45, 2.75) is 0 Å². The Kier molecular flexibility index (Phi) is 1.39. The molecule has 2 nitrogen and oxygen atoms in total. The van der Waals surface area contributed by atoms with Gasteiger partial charge in [0.15, 0.2) is 5.09 Å². The van der Waals surface area contributed by atoms with E-state index in [1.54, 1.807) is 6.08 Å². The molecule has 0 bridgehead atoms. The van der Waals surface area contributed by atoms with Gasteiger partial charge in [-0.05, 0) is 0 Å². The predicted molar refractivity (Wildman–Crippen MR) is 43.9 cm³/mol.